The number of nitrogens with zero attached hydrogens (tertiary/aromatic N) is 1. The van der Waals surface area contributed by atoms with Crippen LogP contribution in [0.2, 0.25) is 5.02 Å². The molecule has 2 aromatic carbocycles. The van der Waals surface area contributed by atoms with Crippen molar-refractivity contribution in [3.63, 3.8) is 0 Å². The fourth-order valence-corrected chi connectivity index (χ4v) is 2.68. The van der Waals surface area contributed by atoms with Gasteiger partial charge in [0.05, 0.1) is 5.69 Å². The Morgan fingerprint density at radius 1 is 1.25 bits per heavy atom. The van der Waals surface area contributed by atoms with Gasteiger partial charge in [0.2, 0.25) is 5.91 Å². The number of amides is 2. The molecule has 6 heteroatoms. The summed E-state index contributed by atoms with van der Waals surface area (Å²) in [5.41, 5.74) is 3.17. The average molecular weight is 345 g/mol. The topological polar surface area (TPSA) is 58.6 Å². The highest BCUT2D eigenvalue weighted by Crippen LogP contribution is 2.32. The molecule has 0 spiro atoms. The lowest BCUT2D eigenvalue weighted by Crippen LogP contribution is -2.43. The highest BCUT2D eigenvalue weighted by Gasteiger charge is 2.27. The maximum atomic E-state index is 12.3. The molecule has 0 aromatic heterocycles. The molecule has 0 fully saturated rings. The molecular weight excluding hydrogens is 328 g/mol. The molecule has 3 rings (SSSR count). The number of nitrogens with one attached hydrogen (secondary N) is 1. The van der Waals surface area contributed by atoms with Crippen molar-refractivity contribution in [2.24, 2.45) is 0 Å². The summed E-state index contributed by atoms with van der Waals surface area (Å²) in [6, 6.07) is 10.8. The van der Waals surface area contributed by atoms with Crippen LogP contribution in [0.15, 0.2) is 36.4 Å². The van der Waals surface area contributed by atoms with Gasteiger partial charge in [0, 0.05) is 10.7 Å². The van der Waals surface area contributed by atoms with Crippen LogP contribution < -0.4 is 15.0 Å². The monoisotopic (exact) mass is 344 g/mol. The molecule has 1 aliphatic heterocycles. The van der Waals surface area contributed by atoms with Crippen LogP contribution in [0.4, 0.5) is 11.4 Å². The fourth-order valence-electron chi connectivity index (χ4n) is 2.50. The third-order valence-corrected chi connectivity index (χ3v) is 4.22. The number of benzene rings is 2. The van der Waals surface area contributed by atoms with Crippen LogP contribution in [0.5, 0.6) is 5.75 Å². The highest BCUT2D eigenvalue weighted by atomic mass is 35.5. The van der Waals surface area contributed by atoms with Crippen LogP contribution in [0.1, 0.15) is 11.1 Å². The number of ether oxygens (including phenoxy) is 1. The molecule has 24 heavy (non-hydrogen) atoms. The first-order valence-corrected chi connectivity index (χ1v) is 7.91. The van der Waals surface area contributed by atoms with Gasteiger partial charge in [0.25, 0.3) is 5.91 Å². The number of rotatable bonds is 3. The van der Waals surface area contributed by atoms with Crippen molar-refractivity contribution < 1.29 is 14.3 Å². The van der Waals surface area contributed by atoms with Gasteiger partial charge in [-0.3, -0.25) is 14.5 Å². The van der Waals surface area contributed by atoms with E-state index in [4.69, 9.17) is 16.3 Å². The molecule has 2 amide bonds. The van der Waals surface area contributed by atoms with E-state index in [-0.39, 0.29) is 25.0 Å². The number of carbonyl (C=O) groups is 2. The number of halogens is 1. The number of hydrogen-bond acceptors (Lipinski definition) is 3. The Morgan fingerprint density at radius 2 is 2.04 bits per heavy atom. The van der Waals surface area contributed by atoms with E-state index in [1.54, 1.807) is 18.2 Å². The van der Waals surface area contributed by atoms with Crippen LogP contribution in [0.3, 0.4) is 0 Å². The average Bonchev–Trinajstić information content (AvgIpc) is 2.53. The van der Waals surface area contributed by atoms with Gasteiger partial charge < -0.3 is 10.1 Å². The molecule has 1 heterocycles. The minimum absolute atomic E-state index is 0.0694. The van der Waals surface area contributed by atoms with E-state index in [0.717, 1.165) is 11.1 Å². The molecule has 0 bridgehead atoms. The molecular formula is C18H17ClN2O3. The van der Waals surface area contributed by atoms with E-state index < -0.39 is 0 Å². The molecule has 0 unspecified atom stereocenters. The second-order valence-electron chi connectivity index (χ2n) is 5.75. The maximum Gasteiger partial charge on any atom is 0.265 e. The Kier molecular flexibility index (Phi) is 4.44. The second-order valence-corrected chi connectivity index (χ2v) is 6.16. The minimum atomic E-state index is -0.295. The van der Waals surface area contributed by atoms with Crippen molar-refractivity contribution in [3.8, 4) is 5.75 Å². The van der Waals surface area contributed by atoms with Crippen LogP contribution in [0.25, 0.3) is 0 Å². The Labute approximate surface area is 145 Å². The Balaban J connectivity index is 1.76. The summed E-state index contributed by atoms with van der Waals surface area (Å²) in [5.74, 6) is 0.0703. The summed E-state index contributed by atoms with van der Waals surface area (Å²) in [5, 5.41) is 3.34. The third kappa shape index (κ3) is 3.36. The molecule has 1 aliphatic rings. The van der Waals surface area contributed by atoms with E-state index in [1.807, 2.05) is 32.0 Å². The van der Waals surface area contributed by atoms with Gasteiger partial charge in [0.15, 0.2) is 6.61 Å². The zero-order valence-electron chi connectivity index (χ0n) is 13.4. The first-order valence-electron chi connectivity index (χ1n) is 7.54. The Bertz CT molecular complexity index is 820. The fraction of sp³-hybridized carbons (Fsp3) is 0.222. The highest BCUT2D eigenvalue weighted by molar-refractivity contribution is 6.31. The molecule has 0 saturated heterocycles. The summed E-state index contributed by atoms with van der Waals surface area (Å²) in [4.78, 5) is 25.9. The van der Waals surface area contributed by atoms with Crippen molar-refractivity contribution in [1.82, 2.24) is 0 Å². The van der Waals surface area contributed by atoms with E-state index >= 15 is 0 Å². The quantitative estimate of drug-likeness (QED) is 0.929. The second kappa shape index (κ2) is 6.53. The Hall–Kier alpha value is -2.53. The van der Waals surface area contributed by atoms with Crippen LogP contribution in [0, 0.1) is 13.8 Å². The third-order valence-electron chi connectivity index (χ3n) is 3.82. The van der Waals surface area contributed by atoms with Crippen molar-refractivity contribution in [2.75, 3.05) is 23.4 Å². The summed E-state index contributed by atoms with van der Waals surface area (Å²) >= 11 is 6.06. The van der Waals surface area contributed by atoms with E-state index in [9.17, 15) is 9.59 Å². The molecule has 5 nitrogen and oxygen atoms in total. The minimum Gasteiger partial charge on any atom is -0.482 e. The predicted octanol–water partition coefficient (Wildman–Crippen LogP) is 3.32. The van der Waals surface area contributed by atoms with Crippen LogP contribution in [-0.2, 0) is 9.59 Å². The zero-order valence-corrected chi connectivity index (χ0v) is 14.2. The number of anilines is 2. The standard InChI is InChI=1S/C18H17ClN2O3/c1-11-3-6-15-16(7-11)24-10-18(23)21(15)9-17(22)20-13-5-4-12(2)14(19)8-13/h3-8H,9-10H2,1-2H3,(H,20,22). The van der Waals surface area contributed by atoms with Gasteiger partial charge in [-0.2, -0.15) is 0 Å². The van der Waals surface area contributed by atoms with E-state index in [2.05, 4.69) is 5.32 Å². The van der Waals surface area contributed by atoms with Crippen LogP contribution in [-0.4, -0.2) is 25.0 Å². The van der Waals surface area contributed by atoms with Crippen molar-refractivity contribution in [2.45, 2.75) is 13.8 Å². The Morgan fingerprint density at radius 3 is 2.79 bits per heavy atom. The zero-order chi connectivity index (χ0) is 17.3. The normalized spacial score (nSPS) is 13.3. The SMILES string of the molecule is Cc1ccc2c(c1)OCC(=O)N2CC(=O)Nc1ccc(C)c(Cl)c1. The molecule has 0 saturated carbocycles. The molecule has 1 N–H and O–H groups in total. The van der Waals surface area contributed by atoms with E-state index in [0.29, 0.717) is 22.1 Å². The summed E-state index contributed by atoms with van der Waals surface area (Å²) < 4.78 is 5.44. The molecule has 2 aromatic rings. The number of aryl methyl sites for hydroxylation is 2. The molecule has 0 atom stereocenters. The maximum absolute atomic E-state index is 12.3. The molecule has 124 valence electrons. The smallest absolute Gasteiger partial charge is 0.265 e. The van der Waals surface area contributed by atoms with Gasteiger partial charge in [-0.05, 0) is 49.2 Å². The lowest BCUT2D eigenvalue weighted by molar-refractivity contribution is -0.123. The first kappa shape index (κ1) is 16.3. The van der Waals surface area contributed by atoms with Crippen molar-refractivity contribution >= 4 is 34.8 Å². The van der Waals surface area contributed by atoms with Gasteiger partial charge in [-0.15, -0.1) is 0 Å². The van der Waals surface area contributed by atoms with Crippen LogP contribution >= 0.6 is 11.6 Å². The largest absolute Gasteiger partial charge is 0.482 e. The number of hydrogen-bond donors (Lipinski definition) is 1. The van der Waals surface area contributed by atoms with Crippen molar-refractivity contribution in [1.29, 1.82) is 0 Å². The summed E-state index contributed by atoms with van der Waals surface area (Å²) in [7, 11) is 0. The number of fused-ring (bicyclic) bond motifs is 1. The number of carbonyl (C=O) groups excluding carboxylic acids is 2. The summed E-state index contributed by atoms with van der Waals surface area (Å²) in [6.45, 7) is 3.68. The molecule has 0 radical (unpaired) electrons. The first-order chi connectivity index (χ1) is 11.4. The van der Waals surface area contributed by atoms with Gasteiger partial charge in [-0.25, -0.2) is 0 Å². The van der Waals surface area contributed by atoms with Gasteiger partial charge in [-0.1, -0.05) is 23.7 Å². The molecule has 0 aliphatic carbocycles. The lowest BCUT2D eigenvalue weighted by atomic mass is 10.1. The summed E-state index contributed by atoms with van der Waals surface area (Å²) in [6.07, 6.45) is 0. The van der Waals surface area contributed by atoms with Crippen molar-refractivity contribution in [3.05, 3.63) is 52.5 Å². The van der Waals surface area contributed by atoms with Gasteiger partial charge in [0.1, 0.15) is 12.3 Å². The van der Waals surface area contributed by atoms with E-state index in [1.165, 1.54) is 4.90 Å². The predicted molar refractivity (Wildman–Crippen MR) is 93.8 cm³/mol. The lowest BCUT2D eigenvalue weighted by Gasteiger charge is -2.29. The van der Waals surface area contributed by atoms with Gasteiger partial charge >= 0.3 is 0 Å².